The molecule has 1 aromatic carbocycles. The molecule has 1 aromatic rings. The molecule has 1 heterocycles. The van der Waals surface area contributed by atoms with Crippen LogP contribution in [0.3, 0.4) is 0 Å². The zero-order chi connectivity index (χ0) is 14.8. The number of rotatable bonds is 5. The van der Waals surface area contributed by atoms with Gasteiger partial charge in [-0.15, -0.1) is 0 Å². The number of hydrogen-bond acceptors (Lipinski definition) is 6. The topological polar surface area (TPSA) is 78.9 Å². The molecular formula is C12H13ClO6S. The molecule has 1 aliphatic rings. The molecule has 0 aromatic heterocycles. The Hall–Kier alpha value is -1.31. The van der Waals surface area contributed by atoms with Gasteiger partial charge in [0, 0.05) is 16.2 Å². The third kappa shape index (κ3) is 3.62. The van der Waals surface area contributed by atoms with E-state index < -0.39 is 15.0 Å². The predicted molar refractivity (Wildman–Crippen MR) is 70.4 cm³/mol. The van der Waals surface area contributed by atoms with Crippen LogP contribution in [0.4, 0.5) is 0 Å². The Balaban J connectivity index is 2.17. The Kier molecular flexibility index (Phi) is 4.52. The second-order valence-corrected chi connectivity index (χ2v) is 6.80. The highest BCUT2D eigenvalue weighted by atomic mass is 35.7. The van der Waals surface area contributed by atoms with Crippen LogP contribution in [0, 0.1) is 0 Å². The van der Waals surface area contributed by atoms with E-state index in [1.807, 2.05) is 0 Å². The molecule has 0 saturated carbocycles. The quantitative estimate of drug-likeness (QED) is 0.597. The van der Waals surface area contributed by atoms with Gasteiger partial charge in [-0.05, 0) is 18.2 Å². The Morgan fingerprint density at radius 3 is 2.65 bits per heavy atom. The molecular weight excluding hydrogens is 308 g/mol. The lowest BCUT2D eigenvalue weighted by Gasteiger charge is -2.25. The molecule has 0 bridgehead atoms. The first-order valence-corrected chi connectivity index (χ1v) is 8.10. The summed E-state index contributed by atoms with van der Waals surface area (Å²) in [4.78, 5) is 11.6. The third-order valence-electron chi connectivity index (χ3n) is 2.77. The zero-order valence-corrected chi connectivity index (χ0v) is 12.2. The number of hydrogen-bond donors (Lipinski definition) is 0. The molecule has 0 spiro atoms. The molecule has 8 heteroatoms. The van der Waals surface area contributed by atoms with Crippen molar-refractivity contribution in [3.05, 3.63) is 23.8 Å². The molecule has 1 aliphatic heterocycles. The average molecular weight is 321 g/mol. The van der Waals surface area contributed by atoms with Crippen LogP contribution in [0.1, 0.15) is 5.56 Å². The highest BCUT2D eigenvalue weighted by Crippen LogP contribution is 2.25. The van der Waals surface area contributed by atoms with E-state index in [1.165, 1.54) is 25.3 Å². The van der Waals surface area contributed by atoms with Crippen molar-refractivity contribution in [2.45, 2.75) is 17.4 Å². The fraction of sp³-hybridized carbons (Fsp3) is 0.417. The molecule has 0 N–H and O–H groups in total. The normalized spacial score (nSPS) is 15.5. The van der Waals surface area contributed by atoms with Gasteiger partial charge in [-0.3, -0.25) is 4.79 Å². The van der Waals surface area contributed by atoms with Crippen LogP contribution in [-0.2, 0) is 29.7 Å². The van der Waals surface area contributed by atoms with Gasteiger partial charge >= 0.3 is 5.97 Å². The monoisotopic (exact) mass is 320 g/mol. The van der Waals surface area contributed by atoms with Crippen LogP contribution in [0.25, 0.3) is 0 Å². The summed E-state index contributed by atoms with van der Waals surface area (Å²) < 4.78 is 37.7. The van der Waals surface area contributed by atoms with Crippen molar-refractivity contribution < 1.29 is 27.4 Å². The Morgan fingerprint density at radius 1 is 1.45 bits per heavy atom. The van der Waals surface area contributed by atoms with E-state index in [1.54, 1.807) is 0 Å². The summed E-state index contributed by atoms with van der Waals surface area (Å²) in [5, 5.41) is 0. The summed E-state index contributed by atoms with van der Waals surface area (Å²) in [7, 11) is 2.85. The number of carbonyl (C=O) groups excluding carboxylic acids is 1. The van der Waals surface area contributed by atoms with Crippen molar-refractivity contribution >= 4 is 25.7 Å². The fourth-order valence-corrected chi connectivity index (χ4v) is 2.51. The van der Waals surface area contributed by atoms with Crippen molar-refractivity contribution in [3.63, 3.8) is 0 Å². The maximum Gasteiger partial charge on any atom is 0.310 e. The van der Waals surface area contributed by atoms with Crippen molar-refractivity contribution in [3.8, 4) is 5.75 Å². The number of ether oxygens (including phenoxy) is 3. The van der Waals surface area contributed by atoms with Gasteiger partial charge in [0.15, 0.2) is 0 Å². The lowest BCUT2D eigenvalue weighted by molar-refractivity contribution is -0.171. The highest BCUT2D eigenvalue weighted by Gasteiger charge is 2.23. The molecule has 0 atom stereocenters. The molecule has 0 aliphatic carbocycles. The number of halogens is 1. The lowest BCUT2D eigenvalue weighted by atomic mass is 10.1. The maximum atomic E-state index is 11.7. The largest absolute Gasteiger partial charge is 0.496 e. The second kappa shape index (κ2) is 5.99. The van der Waals surface area contributed by atoms with Crippen molar-refractivity contribution in [1.29, 1.82) is 0 Å². The van der Waals surface area contributed by atoms with Crippen LogP contribution in [-0.4, -0.2) is 40.8 Å². The van der Waals surface area contributed by atoms with Crippen LogP contribution in [0.2, 0.25) is 0 Å². The first-order valence-electron chi connectivity index (χ1n) is 5.79. The van der Waals surface area contributed by atoms with Crippen molar-refractivity contribution in [1.82, 2.24) is 0 Å². The summed E-state index contributed by atoms with van der Waals surface area (Å²) in [5.74, 6) is -0.0726. The van der Waals surface area contributed by atoms with Gasteiger partial charge in [0.2, 0.25) is 0 Å². The number of esters is 1. The van der Waals surface area contributed by atoms with Gasteiger partial charge in [0.1, 0.15) is 11.9 Å². The molecule has 1 fully saturated rings. The fourth-order valence-electron chi connectivity index (χ4n) is 1.71. The smallest absolute Gasteiger partial charge is 0.310 e. The van der Waals surface area contributed by atoms with Crippen LogP contribution in [0.5, 0.6) is 5.75 Å². The van der Waals surface area contributed by atoms with Crippen LogP contribution >= 0.6 is 10.7 Å². The lowest BCUT2D eigenvalue weighted by Crippen LogP contribution is -2.38. The standard InChI is InChI=1S/C12H13ClO6S/c1-17-11-3-2-10(20(13,15)16)4-8(11)5-12(14)19-9-6-18-7-9/h2-4,9H,5-7H2,1H3. The Labute approximate surface area is 121 Å². The highest BCUT2D eigenvalue weighted by molar-refractivity contribution is 8.13. The third-order valence-corrected chi connectivity index (χ3v) is 4.13. The van der Waals surface area contributed by atoms with E-state index in [0.717, 1.165) is 0 Å². The Morgan fingerprint density at radius 2 is 2.15 bits per heavy atom. The first-order chi connectivity index (χ1) is 9.40. The van der Waals surface area contributed by atoms with Crippen molar-refractivity contribution in [2.75, 3.05) is 20.3 Å². The van der Waals surface area contributed by atoms with Crippen LogP contribution < -0.4 is 4.74 Å². The average Bonchev–Trinajstić information content (AvgIpc) is 2.33. The van der Waals surface area contributed by atoms with E-state index in [2.05, 4.69) is 0 Å². The van der Waals surface area contributed by atoms with Gasteiger partial charge in [0.05, 0.1) is 31.6 Å². The summed E-state index contributed by atoms with van der Waals surface area (Å²) in [5.41, 5.74) is 0.402. The van der Waals surface area contributed by atoms with E-state index in [9.17, 15) is 13.2 Å². The van der Waals surface area contributed by atoms with E-state index in [-0.39, 0.29) is 17.4 Å². The molecule has 0 amide bonds. The number of methoxy groups -OCH3 is 1. The minimum atomic E-state index is -3.86. The molecule has 20 heavy (non-hydrogen) atoms. The summed E-state index contributed by atoms with van der Waals surface area (Å²) in [6.45, 7) is 0.776. The van der Waals surface area contributed by atoms with E-state index >= 15 is 0 Å². The molecule has 0 radical (unpaired) electrons. The van der Waals surface area contributed by atoms with Gasteiger partial charge in [-0.2, -0.15) is 0 Å². The zero-order valence-electron chi connectivity index (χ0n) is 10.7. The minimum Gasteiger partial charge on any atom is -0.496 e. The second-order valence-electron chi connectivity index (χ2n) is 4.24. The van der Waals surface area contributed by atoms with Crippen LogP contribution in [0.15, 0.2) is 23.1 Å². The minimum absolute atomic E-state index is 0.0882. The van der Waals surface area contributed by atoms with Crippen molar-refractivity contribution in [2.24, 2.45) is 0 Å². The Bertz CT molecular complexity index is 608. The molecule has 110 valence electrons. The van der Waals surface area contributed by atoms with Gasteiger partial charge in [0.25, 0.3) is 9.05 Å². The number of benzene rings is 1. The first kappa shape index (κ1) is 15.1. The molecule has 0 unspecified atom stereocenters. The SMILES string of the molecule is COc1ccc(S(=O)(=O)Cl)cc1CC(=O)OC1COC1. The molecule has 2 rings (SSSR count). The summed E-state index contributed by atoms with van der Waals surface area (Å²) >= 11 is 0. The summed E-state index contributed by atoms with van der Waals surface area (Å²) in [6, 6.07) is 4.07. The van der Waals surface area contributed by atoms with Gasteiger partial charge in [-0.25, -0.2) is 8.42 Å². The van der Waals surface area contributed by atoms with E-state index in [0.29, 0.717) is 24.5 Å². The summed E-state index contributed by atoms with van der Waals surface area (Å²) in [6.07, 6.45) is -0.326. The molecule has 1 saturated heterocycles. The van der Waals surface area contributed by atoms with Gasteiger partial charge in [-0.1, -0.05) is 0 Å². The predicted octanol–water partition coefficient (Wildman–Crippen LogP) is 1.11. The number of carbonyl (C=O) groups is 1. The van der Waals surface area contributed by atoms with Gasteiger partial charge < -0.3 is 14.2 Å². The maximum absolute atomic E-state index is 11.7. The van der Waals surface area contributed by atoms with E-state index in [4.69, 9.17) is 24.9 Å². The molecule has 6 nitrogen and oxygen atoms in total.